The number of hydrogen-bond donors (Lipinski definition) is 2. The lowest BCUT2D eigenvalue weighted by Gasteiger charge is -2.39. The molecule has 0 heterocycles. The van der Waals surface area contributed by atoms with Crippen molar-refractivity contribution in [2.24, 2.45) is 5.41 Å². The Bertz CT molecular complexity index is 576. The van der Waals surface area contributed by atoms with Crippen LogP contribution >= 0.6 is 0 Å². The molecule has 1 fully saturated rings. The second-order valence-corrected chi connectivity index (χ2v) is 5.30. The van der Waals surface area contributed by atoms with Gasteiger partial charge in [-0.3, -0.25) is 4.79 Å². The van der Waals surface area contributed by atoms with Gasteiger partial charge in [0.2, 0.25) is 5.91 Å². The molecule has 5 heteroatoms. The molecule has 21 heavy (non-hydrogen) atoms. The van der Waals surface area contributed by atoms with E-state index >= 15 is 0 Å². The van der Waals surface area contributed by atoms with Crippen LogP contribution in [0.15, 0.2) is 30.9 Å². The van der Waals surface area contributed by atoms with E-state index in [9.17, 15) is 9.59 Å². The number of anilines is 1. The second-order valence-electron chi connectivity index (χ2n) is 5.30. The summed E-state index contributed by atoms with van der Waals surface area (Å²) in [6.45, 7) is 3.71. The summed E-state index contributed by atoms with van der Waals surface area (Å²) in [5, 5.41) is 11.9. The molecule has 5 nitrogen and oxygen atoms in total. The van der Waals surface area contributed by atoms with E-state index in [0.29, 0.717) is 12.1 Å². The minimum Gasteiger partial charge on any atom is -0.496 e. The van der Waals surface area contributed by atoms with E-state index in [0.717, 1.165) is 19.3 Å². The number of methoxy groups -OCH3 is 1. The van der Waals surface area contributed by atoms with Gasteiger partial charge >= 0.3 is 5.97 Å². The molecule has 1 aliphatic rings. The van der Waals surface area contributed by atoms with Crippen LogP contribution < -0.4 is 10.1 Å². The number of carbonyl (C=O) groups excluding carboxylic acids is 1. The molecule has 2 rings (SSSR count). The molecule has 0 spiro atoms. The summed E-state index contributed by atoms with van der Waals surface area (Å²) in [5.74, 6) is -0.877. The average Bonchev–Trinajstić information content (AvgIpc) is 2.42. The number of ether oxygens (including phenoxy) is 1. The normalized spacial score (nSPS) is 15.7. The van der Waals surface area contributed by atoms with Crippen LogP contribution in [0.25, 0.3) is 0 Å². The molecule has 1 saturated carbocycles. The summed E-state index contributed by atoms with van der Waals surface area (Å²) in [6, 6.07) is 4.53. The quantitative estimate of drug-likeness (QED) is 0.789. The number of rotatable bonds is 6. The zero-order valence-electron chi connectivity index (χ0n) is 12.0. The molecule has 1 aromatic rings. The Morgan fingerprint density at radius 3 is 2.67 bits per heavy atom. The van der Waals surface area contributed by atoms with E-state index in [4.69, 9.17) is 9.84 Å². The summed E-state index contributed by atoms with van der Waals surface area (Å²) < 4.78 is 5.05. The fraction of sp³-hybridized carbons (Fsp3) is 0.375. The molecule has 0 saturated heterocycles. The van der Waals surface area contributed by atoms with E-state index in [-0.39, 0.29) is 22.6 Å². The third kappa shape index (κ3) is 2.91. The minimum atomic E-state index is -1.06. The van der Waals surface area contributed by atoms with E-state index in [1.54, 1.807) is 12.1 Å². The number of benzene rings is 1. The molecule has 0 bridgehead atoms. The standard InChI is InChI=1S/C16H19NO4/c1-3-7-16(8-4-9-16)15(20)17-11-5-6-12(14(18)19)13(10-11)21-2/h3,5-6,10H,1,4,7-9H2,2H3,(H,17,20)(H,18,19). The zero-order valence-corrected chi connectivity index (χ0v) is 12.0. The zero-order chi connectivity index (χ0) is 15.5. The number of carboxylic acids is 1. The van der Waals surface area contributed by atoms with E-state index in [2.05, 4.69) is 11.9 Å². The minimum absolute atomic E-state index is 0.0428. The van der Waals surface area contributed by atoms with Crippen LogP contribution in [0.3, 0.4) is 0 Å². The van der Waals surface area contributed by atoms with Crippen molar-refractivity contribution in [2.75, 3.05) is 12.4 Å². The molecular weight excluding hydrogens is 270 g/mol. The van der Waals surface area contributed by atoms with Gasteiger partial charge in [-0.15, -0.1) is 6.58 Å². The van der Waals surface area contributed by atoms with Crippen LogP contribution in [0.5, 0.6) is 5.75 Å². The highest BCUT2D eigenvalue weighted by atomic mass is 16.5. The summed E-state index contributed by atoms with van der Waals surface area (Å²) in [4.78, 5) is 23.4. The number of carboxylic acid groups (broad SMARTS) is 1. The van der Waals surface area contributed by atoms with Crippen molar-refractivity contribution in [3.05, 3.63) is 36.4 Å². The lowest BCUT2D eigenvalue weighted by Crippen LogP contribution is -2.41. The van der Waals surface area contributed by atoms with Gasteiger partial charge < -0.3 is 15.2 Å². The first-order valence-corrected chi connectivity index (χ1v) is 6.86. The third-order valence-corrected chi connectivity index (χ3v) is 4.02. The highest BCUT2D eigenvalue weighted by molar-refractivity contribution is 5.97. The van der Waals surface area contributed by atoms with Gasteiger partial charge in [-0.2, -0.15) is 0 Å². The van der Waals surface area contributed by atoms with Crippen molar-refractivity contribution >= 4 is 17.6 Å². The summed E-state index contributed by atoms with van der Waals surface area (Å²) in [5.41, 5.74) is 0.248. The van der Waals surface area contributed by atoms with Gasteiger partial charge in [0.25, 0.3) is 0 Å². The molecule has 1 amide bonds. The molecule has 2 N–H and O–H groups in total. The molecule has 0 unspecified atom stereocenters. The molecule has 0 atom stereocenters. The molecule has 112 valence electrons. The number of hydrogen-bond acceptors (Lipinski definition) is 3. The summed E-state index contributed by atoms with van der Waals surface area (Å²) in [7, 11) is 1.40. The maximum absolute atomic E-state index is 12.4. The monoisotopic (exact) mass is 289 g/mol. The topological polar surface area (TPSA) is 75.6 Å². The number of amides is 1. The van der Waals surface area contributed by atoms with Gasteiger partial charge in [-0.25, -0.2) is 4.79 Å². The SMILES string of the molecule is C=CCC1(C(=O)Nc2ccc(C(=O)O)c(OC)c2)CCC1. The van der Waals surface area contributed by atoms with Crippen LogP contribution in [-0.4, -0.2) is 24.1 Å². The Morgan fingerprint density at radius 2 is 2.19 bits per heavy atom. The summed E-state index contributed by atoms with van der Waals surface area (Å²) in [6.07, 6.45) is 5.18. The van der Waals surface area contributed by atoms with Crippen LogP contribution in [0.1, 0.15) is 36.0 Å². The lowest BCUT2D eigenvalue weighted by molar-refractivity contribution is -0.130. The predicted octanol–water partition coefficient (Wildman–Crippen LogP) is 3.08. The van der Waals surface area contributed by atoms with Gasteiger partial charge in [-0.05, 0) is 31.4 Å². The first-order valence-electron chi connectivity index (χ1n) is 6.86. The van der Waals surface area contributed by atoms with Gasteiger partial charge in [0, 0.05) is 11.8 Å². The van der Waals surface area contributed by atoms with Crippen LogP contribution in [0, 0.1) is 5.41 Å². The Balaban J connectivity index is 2.18. The van der Waals surface area contributed by atoms with Crippen LogP contribution in [0.4, 0.5) is 5.69 Å². The van der Waals surface area contributed by atoms with E-state index < -0.39 is 5.97 Å². The van der Waals surface area contributed by atoms with Gasteiger partial charge in [0.15, 0.2) is 0 Å². The summed E-state index contributed by atoms with van der Waals surface area (Å²) >= 11 is 0. The van der Waals surface area contributed by atoms with Gasteiger partial charge in [0.1, 0.15) is 11.3 Å². The largest absolute Gasteiger partial charge is 0.496 e. The highest BCUT2D eigenvalue weighted by Gasteiger charge is 2.42. The Kier molecular flexibility index (Phi) is 4.31. The number of allylic oxidation sites excluding steroid dienone is 1. The van der Waals surface area contributed by atoms with E-state index in [1.165, 1.54) is 19.2 Å². The van der Waals surface area contributed by atoms with Crippen molar-refractivity contribution in [2.45, 2.75) is 25.7 Å². The van der Waals surface area contributed by atoms with Crippen molar-refractivity contribution in [3.63, 3.8) is 0 Å². The van der Waals surface area contributed by atoms with Crippen LogP contribution in [0.2, 0.25) is 0 Å². The Hall–Kier alpha value is -2.30. The smallest absolute Gasteiger partial charge is 0.339 e. The van der Waals surface area contributed by atoms with Crippen molar-refractivity contribution in [1.29, 1.82) is 0 Å². The van der Waals surface area contributed by atoms with Crippen molar-refractivity contribution < 1.29 is 19.4 Å². The van der Waals surface area contributed by atoms with Gasteiger partial charge in [0.05, 0.1) is 12.5 Å². The molecule has 0 aliphatic heterocycles. The first kappa shape index (κ1) is 15.1. The molecule has 1 aromatic carbocycles. The molecule has 1 aliphatic carbocycles. The van der Waals surface area contributed by atoms with Crippen molar-refractivity contribution in [3.8, 4) is 5.75 Å². The molecular formula is C16H19NO4. The fourth-order valence-electron chi connectivity index (χ4n) is 2.61. The number of nitrogens with one attached hydrogen (secondary N) is 1. The molecule has 0 aromatic heterocycles. The van der Waals surface area contributed by atoms with E-state index in [1.807, 2.05) is 0 Å². The predicted molar refractivity (Wildman–Crippen MR) is 79.7 cm³/mol. The lowest BCUT2D eigenvalue weighted by atomic mass is 9.66. The maximum Gasteiger partial charge on any atom is 0.339 e. The fourth-order valence-corrected chi connectivity index (χ4v) is 2.61. The average molecular weight is 289 g/mol. The molecule has 0 radical (unpaired) electrons. The number of aromatic carboxylic acids is 1. The first-order chi connectivity index (χ1) is 10.0. The number of carbonyl (C=O) groups is 2. The Labute approximate surface area is 123 Å². The third-order valence-electron chi connectivity index (χ3n) is 4.02. The van der Waals surface area contributed by atoms with Crippen LogP contribution in [-0.2, 0) is 4.79 Å². The van der Waals surface area contributed by atoms with Gasteiger partial charge in [-0.1, -0.05) is 12.5 Å². The Morgan fingerprint density at radius 1 is 1.48 bits per heavy atom. The second kappa shape index (κ2) is 5.99. The maximum atomic E-state index is 12.4. The van der Waals surface area contributed by atoms with Crippen molar-refractivity contribution in [1.82, 2.24) is 0 Å². The highest BCUT2D eigenvalue weighted by Crippen LogP contribution is 2.45.